The first-order valence-electron chi connectivity index (χ1n) is 13.0. The highest BCUT2D eigenvalue weighted by molar-refractivity contribution is 8.14. The van der Waals surface area contributed by atoms with Crippen molar-refractivity contribution < 1.29 is 23.9 Å². The van der Waals surface area contributed by atoms with Crippen LogP contribution in [0, 0.1) is 0 Å². The van der Waals surface area contributed by atoms with Crippen LogP contribution in [0.25, 0.3) is 0 Å². The van der Waals surface area contributed by atoms with E-state index >= 15 is 0 Å². The average Bonchev–Trinajstić information content (AvgIpc) is 3.34. The molecule has 2 heterocycles. The van der Waals surface area contributed by atoms with Crippen LogP contribution in [0.4, 0.5) is 11.4 Å². The Hall–Kier alpha value is -4.64. The zero-order valence-corrected chi connectivity index (χ0v) is 23.4. The summed E-state index contributed by atoms with van der Waals surface area (Å²) in [5.41, 5.74) is 2.99. The summed E-state index contributed by atoms with van der Waals surface area (Å²) in [6, 6.07) is 21.2. The molecule has 5 rings (SSSR count). The van der Waals surface area contributed by atoms with Crippen molar-refractivity contribution in [3.8, 4) is 11.5 Å². The maximum atomic E-state index is 13.5. The monoisotopic (exact) mass is 571 g/mol. The number of fused-ring (bicyclic) bond motifs is 3. The molecule has 2 N–H and O–H groups in total. The fourth-order valence-electron chi connectivity index (χ4n) is 4.39. The number of methoxy groups -OCH3 is 2. The van der Waals surface area contributed by atoms with E-state index in [1.807, 2.05) is 48.5 Å². The van der Waals surface area contributed by atoms with Crippen molar-refractivity contribution in [2.24, 2.45) is 9.98 Å². The van der Waals surface area contributed by atoms with Gasteiger partial charge in [0.2, 0.25) is 11.8 Å². The Morgan fingerprint density at radius 2 is 1.61 bits per heavy atom. The van der Waals surface area contributed by atoms with Crippen LogP contribution in [0.3, 0.4) is 0 Å². The molecule has 2 aliphatic rings. The van der Waals surface area contributed by atoms with Crippen LogP contribution >= 0.6 is 11.8 Å². The van der Waals surface area contributed by atoms with E-state index in [1.54, 1.807) is 38.5 Å². The third kappa shape index (κ3) is 6.58. The molecule has 0 saturated carbocycles. The second-order valence-corrected chi connectivity index (χ2v) is 10.2. The maximum absolute atomic E-state index is 13.5. The van der Waals surface area contributed by atoms with Gasteiger partial charge in [0.05, 0.1) is 25.7 Å². The summed E-state index contributed by atoms with van der Waals surface area (Å²) in [6.07, 6.45) is 0.397. The highest BCUT2D eigenvalue weighted by Crippen LogP contribution is 2.34. The van der Waals surface area contributed by atoms with Crippen LogP contribution < -0.4 is 20.1 Å². The number of amidine groups is 2. The van der Waals surface area contributed by atoms with Crippen LogP contribution in [0.1, 0.15) is 24.0 Å². The van der Waals surface area contributed by atoms with Crippen molar-refractivity contribution in [1.82, 2.24) is 10.2 Å². The molecule has 0 spiro atoms. The lowest BCUT2D eigenvalue weighted by Crippen LogP contribution is -2.41. The largest absolute Gasteiger partial charge is 0.497 e. The number of hydrogen-bond donors (Lipinski definition) is 2. The van der Waals surface area contributed by atoms with Crippen molar-refractivity contribution in [1.29, 1.82) is 0 Å². The Kier molecular flexibility index (Phi) is 8.64. The van der Waals surface area contributed by atoms with Crippen LogP contribution in [-0.4, -0.2) is 59.6 Å². The van der Waals surface area contributed by atoms with Gasteiger partial charge >= 0.3 is 0 Å². The van der Waals surface area contributed by atoms with Gasteiger partial charge in [-0.3, -0.25) is 19.4 Å². The fraction of sp³-hybridized carbons (Fsp3) is 0.233. The first-order valence-corrected chi connectivity index (χ1v) is 14.0. The summed E-state index contributed by atoms with van der Waals surface area (Å²) in [7, 11) is 3.18. The standard InChI is InChI=1S/C30H29N5O5S/c1-39-21-11-7-19(8-12-21)17-31-26(36)16-15-25-29(38)35-28(33-25)23-5-3-4-6-24(23)34-30(35)41-18-27(37)32-20-9-13-22(40-2)14-10-20/h3-14,25H,15-18H2,1-2H3,(H,31,36)(H,32,37). The quantitative estimate of drug-likeness (QED) is 0.378. The van der Waals surface area contributed by atoms with Gasteiger partial charge in [-0.05, 0) is 60.5 Å². The van der Waals surface area contributed by atoms with Gasteiger partial charge in [0.25, 0.3) is 5.91 Å². The number of thioether (sulfide) groups is 1. The number of carbonyl (C=O) groups is 3. The molecule has 2 aliphatic heterocycles. The maximum Gasteiger partial charge on any atom is 0.259 e. The van der Waals surface area contributed by atoms with Gasteiger partial charge in [-0.25, -0.2) is 9.89 Å². The third-order valence-corrected chi connectivity index (χ3v) is 7.49. The Balaban J connectivity index is 1.21. The summed E-state index contributed by atoms with van der Waals surface area (Å²) in [5.74, 6) is 1.30. The van der Waals surface area contributed by atoms with E-state index in [0.717, 1.165) is 28.6 Å². The minimum Gasteiger partial charge on any atom is -0.497 e. The molecular weight excluding hydrogens is 542 g/mol. The summed E-state index contributed by atoms with van der Waals surface area (Å²) < 4.78 is 10.3. The Labute approximate surface area is 241 Å². The fourth-order valence-corrected chi connectivity index (χ4v) is 5.19. The molecule has 3 aromatic rings. The number of nitrogens with zero attached hydrogens (tertiary/aromatic N) is 3. The number of amides is 3. The summed E-state index contributed by atoms with van der Waals surface area (Å²) >= 11 is 1.16. The van der Waals surface area contributed by atoms with Crippen LogP contribution in [0.5, 0.6) is 11.5 Å². The van der Waals surface area contributed by atoms with Gasteiger partial charge in [0, 0.05) is 24.2 Å². The van der Waals surface area contributed by atoms with Crippen molar-refractivity contribution in [3.05, 3.63) is 83.9 Å². The van der Waals surface area contributed by atoms with E-state index in [1.165, 1.54) is 4.90 Å². The second-order valence-electron chi connectivity index (χ2n) is 9.28. The molecule has 1 unspecified atom stereocenters. The van der Waals surface area contributed by atoms with E-state index in [2.05, 4.69) is 15.6 Å². The van der Waals surface area contributed by atoms with E-state index in [0.29, 0.717) is 34.7 Å². The Morgan fingerprint density at radius 1 is 0.927 bits per heavy atom. The molecule has 0 aliphatic carbocycles. The zero-order chi connectivity index (χ0) is 28.8. The summed E-state index contributed by atoms with van der Waals surface area (Å²) in [5, 5.41) is 6.11. The lowest BCUT2D eigenvalue weighted by atomic mass is 10.1. The van der Waals surface area contributed by atoms with Gasteiger partial charge in [-0.15, -0.1) is 0 Å². The number of rotatable bonds is 10. The van der Waals surface area contributed by atoms with Crippen LogP contribution in [0.15, 0.2) is 82.8 Å². The van der Waals surface area contributed by atoms with Crippen molar-refractivity contribution >= 4 is 51.9 Å². The molecular formula is C30H29N5O5S. The van der Waals surface area contributed by atoms with Gasteiger partial charge < -0.3 is 20.1 Å². The van der Waals surface area contributed by atoms with Crippen molar-refractivity contribution in [2.75, 3.05) is 25.3 Å². The van der Waals surface area contributed by atoms with E-state index in [9.17, 15) is 14.4 Å². The molecule has 0 saturated heterocycles. The number of ether oxygens (including phenoxy) is 2. The molecule has 0 fully saturated rings. The van der Waals surface area contributed by atoms with Gasteiger partial charge in [-0.2, -0.15) is 0 Å². The topological polar surface area (TPSA) is 122 Å². The van der Waals surface area contributed by atoms with E-state index in [-0.39, 0.29) is 36.3 Å². The van der Waals surface area contributed by atoms with Crippen molar-refractivity contribution in [3.63, 3.8) is 0 Å². The van der Waals surface area contributed by atoms with Gasteiger partial charge in [-0.1, -0.05) is 36.0 Å². The lowest BCUT2D eigenvalue weighted by Gasteiger charge is -2.25. The molecule has 11 heteroatoms. The summed E-state index contributed by atoms with van der Waals surface area (Å²) in [4.78, 5) is 49.5. The van der Waals surface area contributed by atoms with Gasteiger partial charge in [0.1, 0.15) is 23.4 Å². The predicted octanol–water partition coefficient (Wildman–Crippen LogP) is 4.13. The molecule has 41 heavy (non-hydrogen) atoms. The average molecular weight is 572 g/mol. The molecule has 0 radical (unpaired) electrons. The van der Waals surface area contributed by atoms with E-state index in [4.69, 9.17) is 14.5 Å². The highest BCUT2D eigenvalue weighted by atomic mass is 32.2. The highest BCUT2D eigenvalue weighted by Gasteiger charge is 2.41. The van der Waals surface area contributed by atoms with Gasteiger partial charge in [0.15, 0.2) is 5.17 Å². The Bertz CT molecular complexity index is 1500. The van der Waals surface area contributed by atoms with Crippen molar-refractivity contribution in [2.45, 2.75) is 25.4 Å². The summed E-state index contributed by atoms with van der Waals surface area (Å²) in [6.45, 7) is 0.376. The molecule has 210 valence electrons. The smallest absolute Gasteiger partial charge is 0.259 e. The number of hydrogen-bond acceptors (Lipinski definition) is 8. The number of nitrogens with one attached hydrogen (secondary N) is 2. The molecule has 0 bridgehead atoms. The first kappa shape index (κ1) is 27.9. The molecule has 10 nitrogen and oxygen atoms in total. The normalized spacial score (nSPS) is 15.3. The van der Waals surface area contributed by atoms with E-state index < -0.39 is 6.04 Å². The number of carbonyl (C=O) groups excluding carboxylic acids is 3. The third-order valence-electron chi connectivity index (χ3n) is 6.55. The van der Waals surface area contributed by atoms with Crippen LogP contribution in [0.2, 0.25) is 0 Å². The SMILES string of the molecule is COc1ccc(CNC(=O)CCC2N=C3c4ccccc4N=C(SCC(=O)Nc4ccc(OC)cc4)N3C2=O)cc1. The molecule has 1 atom stereocenters. The Morgan fingerprint density at radius 3 is 2.32 bits per heavy atom. The predicted molar refractivity (Wildman–Crippen MR) is 159 cm³/mol. The molecule has 0 aromatic heterocycles. The minimum absolute atomic E-state index is 0.0442. The number of benzene rings is 3. The van der Waals surface area contributed by atoms with Crippen LogP contribution in [-0.2, 0) is 20.9 Å². The zero-order valence-electron chi connectivity index (χ0n) is 22.6. The number of para-hydroxylation sites is 1. The number of aliphatic imine (C=N–C) groups is 2. The lowest BCUT2D eigenvalue weighted by molar-refractivity contribution is -0.125. The molecule has 3 aromatic carbocycles. The number of anilines is 1. The second kappa shape index (κ2) is 12.7. The molecule has 3 amide bonds. The first-order chi connectivity index (χ1) is 19.9. The minimum atomic E-state index is -0.721.